The molecule has 1 aliphatic rings. The van der Waals surface area contributed by atoms with Crippen LogP contribution in [-0.2, 0) is 4.79 Å². The van der Waals surface area contributed by atoms with Gasteiger partial charge in [-0.2, -0.15) is 5.10 Å². The number of thioether (sulfide) groups is 1. The lowest BCUT2D eigenvalue weighted by Crippen LogP contribution is -2.28. The first-order valence-electron chi connectivity index (χ1n) is 10.3. The first kappa shape index (κ1) is 22.2. The van der Waals surface area contributed by atoms with Crippen LogP contribution in [0.3, 0.4) is 0 Å². The number of amides is 1. The van der Waals surface area contributed by atoms with E-state index in [0.29, 0.717) is 33.7 Å². The van der Waals surface area contributed by atoms with E-state index in [2.05, 4.69) is 15.3 Å². The van der Waals surface area contributed by atoms with E-state index in [1.165, 1.54) is 21.8 Å². The van der Waals surface area contributed by atoms with Gasteiger partial charge >= 0.3 is 0 Å². The summed E-state index contributed by atoms with van der Waals surface area (Å²) in [5.41, 5.74) is 2.12. The molecule has 1 amide bonds. The summed E-state index contributed by atoms with van der Waals surface area (Å²) in [5, 5.41) is 15.1. The number of carbonyl (C=O) groups excluding carboxylic acids is 1. The highest BCUT2D eigenvalue weighted by atomic mass is 35.5. The van der Waals surface area contributed by atoms with E-state index in [4.69, 9.17) is 21.9 Å². The third kappa shape index (κ3) is 4.42. The molecule has 0 spiro atoms. The minimum atomic E-state index is -0.405. The van der Waals surface area contributed by atoms with Crippen molar-refractivity contribution >= 4 is 35.0 Å². The molecule has 34 heavy (non-hydrogen) atoms. The molecule has 2 aromatic heterocycles. The standard InChI is InChI=1S/C23H18ClFN6O2S/c24-16-8-6-14(7-9-16)18-12-19(20-5-2-10-33-20)31(29-18)21(32)13-34-23-28-27-22(30(23)26)15-3-1-4-17(25)11-15/h1-11,19H,12-13,26H2. The number of nitrogens with two attached hydrogens (primary N) is 1. The Bertz CT molecular complexity index is 1360. The van der Waals surface area contributed by atoms with Crippen molar-refractivity contribution in [2.75, 3.05) is 11.6 Å². The molecule has 1 aliphatic heterocycles. The maximum absolute atomic E-state index is 13.6. The summed E-state index contributed by atoms with van der Waals surface area (Å²) < 4.78 is 20.4. The maximum Gasteiger partial charge on any atom is 0.253 e. The summed E-state index contributed by atoms with van der Waals surface area (Å²) >= 11 is 7.13. The normalized spacial score (nSPS) is 15.5. The molecular formula is C23H18ClFN6O2S. The van der Waals surface area contributed by atoms with Gasteiger partial charge in [-0.25, -0.2) is 14.1 Å². The predicted molar refractivity (Wildman–Crippen MR) is 127 cm³/mol. The van der Waals surface area contributed by atoms with E-state index in [0.717, 1.165) is 23.0 Å². The van der Waals surface area contributed by atoms with Gasteiger partial charge in [0.25, 0.3) is 5.91 Å². The Labute approximate surface area is 203 Å². The van der Waals surface area contributed by atoms with E-state index >= 15 is 0 Å². The highest BCUT2D eigenvalue weighted by Crippen LogP contribution is 2.34. The molecule has 11 heteroatoms. The number of halogens is 2. The van der Waals surface area contributed by atoms with Crippen LogP contribution in [-0.4, -0.2) is 37.3 Å². The van der Waals surface area contributed by atoms with Crippen LogP contribution in [0.4, 0.5) is 4.39 Å². The van der Waals surface area contributed by atoms with E-state index in [-0.39, 0.29) is 17.7 Å². The zero-order valence-corrected chi connectivity index (χ0v) is 19.2. The first-order chi connectivity index (χ1) is 16.5. The number of carbonyl (C=O) groups is 1. The topological polar surface area (TPSA) is 103 Å². The van der Waals surface area contributed by atoms with Crippen LogP contribution in [0.15, 0.2) is 81.6 Å². The molecule has 4 aromatic rings. The van der Waals surface area contributed by atoms with E-state index in [1.54, 1.807) is 36.6 Å². The molecule has 0 saturated heterocycles. The van der Waals surface area contributed by atoms with Crippen molar-refractivity contribution in [1.82, 2.24) is 19.9 Å². The number of hydrogen-bond donors (Lipinski definition) is 1. The molecule has 0 aliphatic carbocycles. The number of nitrogens with zero attached hydrogens (tertiary/aromatic N) is 5. The fourth-order valence-electron chi connectivity index (χ4n) is 3.65. The van der Waals surface area contributed by atoms with Crippen molar-refractivity contribution in [1.29, 1.82) is 0 Å². The number of hydrogen-bond acceptors (Lipinski definition) is 7. The third-order valence-corrected chi connectivity index (χ3v) is 6.47. The van der Waals surface area contributed by atoms with Crippen molar-refractivity contribution < 1.29 is 13.6 Å². The number of hydrazone groups is 1. The summed E-state index contributed by atoms with van der Waals surface area (Å²) in [6.07, 6.45) is 2.07. The van der Waals surface area contributed by atoms with Crippen LogP contribution < -0.4 is 5.84 Å². The monoisotopic (exact) mass is 496 g/mol. The van der Waals surface area contributed by atoms with Gasteiger partial charge in [0.05, 0.1) is 17.7 Å². The van der Waals surface area contributed by atoms with E-state index in [9.17, 15) is 9.18 Å². The summed E-state index contributed by atoms with van der Waals surface area (Å²) in [6, 6.07) is 16.4. The fraction of sp³-hybridized carbons (Fsp3) is 0.130. The second-order valence-corrected chi connectivity index (χ2v) is 8.88. The molecular weight excluding hydrogens is 479 g/mol. The molecule has 2 aromatic carbocycles. The number of rotatable bonds is 6. The molecule has 0 radical (unpaired) electrons. The lowest BCUT2D eigenvalue weighted by atomic mass is 10.0. The van der Waals surface area contributed by atoms with Crippen molar-refractivity contribution in [3.05, 3.63) is 89.1 Å². The molecule has 3 heterocycles. The molecule has 5 rings (SSSR count). The smallest absolute Gasteiger partial charge is 0.253 e. The minimum Gasteiger partial charge on any atom is -0.467 e. The molecule has 1 atom stereocenters. The first-order valence-corrected chi connectivity index (χ1v) is 11.6. The largest absolute Gasteiger partial charge is 0.467 e. The zero-order valence-electron chi connectivity index (χ0n) is 17.6. The Hall–Kier alpha value is -3.63. The van der Waals surface area contributed by atoms with Crippen molar-refractivity contribution in [3.8, 4) is 11.4 Å². The summed E-state index contributed by atoms with van der Waals surface area (Å²) in [4.78, 5) is 13.2. The van der Waals surface area contributed by atoms with E-state index < -0.39 is 5.82 Å². The number of furan rings is 1. The van der Waals surface area contributed by atoms with Crippen molar-refractivity contribution in [3.63, 3.8) is 0 Å². The van der Waals surface area contributed by atoms with Gasteiger partial charge in [-0.3, -0.25) is 4.79 Å². The summed E-state index contributed by atoms with van der Waals surface area (Å²) in [5.74, 6) is 6.42. The fourth-order valence-corrected chi connectivity index (χ4v) is 4.49. The van der Waals surface area contributed by atoms with Gasteiger partial charge in [-0.1, -0.05) is 47.6 Å². The Morgan fingerprint density at radius 2 is 1.97 bits per heavy atom. The molecule has 8 nitrogen and oxygen atoms in total. The SMILES string of the molecule is Nn1c(SCC(=O)N2N=C(c3ccc(Cl)cc3)CC2c2ccco2)nnc1-c1cccc(F)c1. The van der Waals surface area contributed by atoms with Crippen LogP contribution in [0.25, 0.3) is 11.4 Å². The zero-order chi connectivity index (χ0) is 23.7. The molecule has 172 valence electrons. The second-order valence-electron chi connectivity index (χ2n) is 7.50. The minimum absolute atomic E-state index is 0.0209. The molecule has 2 N–H and O–H groups in total. The van der Waals surface area contributed by atoms with Crippen LogP contribution in [0, 0.1) is 5.82 Å². The molecule has 0 bridgehead atoms. The Morgan fingerprint density at radius 1 is 1.15 bits per heavy atom. The van der Waals surface area contributed by atoms with Gasteiger partial charge in [0, 0.05) is 17.0 Å². The Kier molecular flexibility index (Phi) is 6.08. The number of benzene rings is 2. The predicted octanol–water partition coefficient (Wildman–Crippen LogP) is 4.51. The van der Waals surface area contributed by atoms with Gasteiger partial charge in [-0.05, 0) is 42.0 Å². The lowest BCUT2D eigenvalue weighted by molar-refractivity contribution is -0.130. The Balaban J connectivity index is 1.35. The van der Waals surface area contributed by atoms with Gasteiger partial charge in [0.2, 0.25) is 5.16 Å². The number of nitrogen functional groups attached to an aromatic ring is 1. The summed E-state index contributed by atoms with van der Waals surface area (Å²) in [6.45, 7) is 0. The third-order valence-electron chi connectivity index (χ3n) is 5.29. The highest BCUT2D eigenvalue weighted by Gasteiger charge is 2.35. The summed E-state index contributed by atoms with van der Waals surface area (Å²) in [7, 11) is 0. The van der Waals surface area contributed by atoms with Crippen LogP contribution in [0.5, 0.6) is 0 Å². The maximum atomic E-state index is 13.6. The number of aromatic nitrogens is 3. The second kappa shape index (κ2) is 9.32. The van der Waals surface area contributed by atoms with E-state index in [1.807, 2.05) is 18.2 Å². The molecule has 0 fully saturated rings. The Morgan fingerprint density at radius 3 is 2.71 bits per heavy atom. The van der Waals surface area contributed by atoms with Crippen molar-refractivity contribution in [2.45, 2.75) is 17.6 Å². The van der Waals surface area contributed by atoms with Gasteiger partial charge in [-0.15, -0.1) is 10.2 Å². The van der Waals surface area contributed by atoms with Crippen LogP contribution >= 0.6 is 23.4 Å². The lowest BCUT2D eigenvalue weighted by Gasteiger charge is -2.19. The van der Waals surface area contributed by atoms with Gasteiger partial charge < -0.3 is 10.3 Å². The average Bonchev–Trinajstić information content (AvgIpc) is 3.58. The van der Waals surface area contributed by atoms with Gasteiger partial charge in [0.1, 0.15) is 17.6 Å². The molecule has 1 unspecified atom stereocenters. The van der Waals surface area contributed by atoms with Crippen molar-refractivity contribution in [2.24, 2.45) is 5.10 Å². The van der Waals surface area contributed by atoms with Crippen LogP contribution in [0.1, 0.15) is 23.8 Å². The van der Waals surface area contributed by atoms with Crippen LogP contribution in [0.2, 0.25) is 5.02 Å². The quantitative estimate of drug-likeness (QED) is 0.311. The highest BCUT2D eigenvalue weighted by molar-refractivity contribution is 7.99. The average molecular weight is 497 g/mol. The van der Waals surface area contributed by atoms with Gasteiger partial charge in [0.15, 0.2) is 5.82 Å². The molecule has 0 saturated carbocycles.